The Kier molecular flexibility index (Phi) is 6.26. The van der Waals surface area contributed by atoms with Crippen LogP contribution in [-0.2, 0) is 32.5 Å². The van der Waals surface area contributed by atoms with Gasteiger partial charge in [-0.25, -0.2) is 8.42 Å². The molecule has 4 N–H and O–H groups in total. The Morgan fingerprint density at radius 3 is 2.60 bits per heavy atom. The summed E-state index contributed by atoms with van der Waals surface area (Å²) in [5.41, 5.74) is 3.95. The summed E-state index contributed by atoms with van der Waals surface area (Å²) in [6.07, 6.45) is 3.36. The lowest BCUT2D eigenvalue weighted by Gasteiger charge is -2.11. The van der Waals surface area contributed by atoms with Crippen molar-refractivity contribution >= 4 is 61.5 Å². The molecule has 0 saturated carbocycles. The molecule has 2 heterocycles. The van der Waals surface area contributed by atoms with Crippen LogP contribution < -0.4 is 10.0 Å². The topological polar surface area (TPSA) is 145 Å². The van der Waals surface area contributed by atoms with Crippen molar-refractivity contribution in [2.75, 3.05) is 10.0 Å². The first-order valence-electron chi connectivity index (χ1n) is 12.9. The van der Waals surface area contributed by atoms with E-state index < -0.39 is 16.0 Å². The molecular weight excluding hydrogens is 530 g/mol. The number of carbonyl (C=O) groups is 3. The van der Waals surface area contributed by atoms with Crippen LogP contribution in [0.3, 0.4) is 0 Å². The smallest absolute Gasteiger partial charge is 0.303 e. The summed E-state index contributed by atoms with van der Waals surface area (Å²) in [5, 5.41) is 13.8. The number of benzene rings is 3. The summed E-state index contributed by atoms with van der Waals surface area (Å²) in [4.78, 5) is 40.3. The number of carbonyl (C=O) groups excluding carboxylic acids is 2. The summed E-state index contributed by atoms with van der Waals surface area (Å²) in [6, 6.07) is 17.2. The molecule has 6 rings (SSSR count). The third-order valence-electron chi connectivity index (χ3n) is 7.29. The van der Waals surface area contributed by atoms with Gasteiger partial charge in [0.15, 0.2) is 5.78 Å². The molecule has 40 heavy (non-hydrogen) atoms. The first-order valence-corrected chi connectivity index (χ1v) is 14.4. The number of sulfonamides is 1. The van der Waals surface area contributed by atoms with Gasteiger partial charge in [-0.1, -0.05) is 30.3 Å². The number of Topliss-reactive ketones (excluding diaryl/α,β-unsaturated/α-hetero) is 1. The molecule has 4 aromatic rings. The van der Waals surface area contributed by atoms with Crippen LogP contribution in [0.1, 0.15) is 52.1 Å². The molecule has 10 heteroatoms. The number of carboxylic acids is 1. The monoisotopic (exact) mass is 555 g/mol. The highest BCUT2D eigenvalue weighted by Gasteiger charge is 2.29. The molecular formula is C30H25N3O6S. The van der Waals surface area contributed by atoms with Gasteiger partial charge in [-0.2, -0.15) is 0 Å². The quantitative estimate of drug-likeness (QED) is 0.236. The normalized spacial score (nSPS) is 15.7. The lowest BCUT2D eigenvalue weighted by atomic mass is 9.91. The fraction of sp³-hybridized carbons (Fsp3) is 0.167. The molecule has 0 unspecified atom stereocenters. The first kappa shape index (κ1) is 25.6. The van der Waals surface area contributed by atoms with Gasteiger partial charge in [-0.05, 0) is 72.0 Å². The zero-order chi connectivity index (χ0) is 28.0. The second kappa shape index (κ2) is 9.80. The number of anilines is 2. The fourth-order valence-electron chi connectivity index (χ4n) is 5.39. The highest BCUT2D eigenvalue weighted by Crippen LogP contribution is 2.37. The molecule has 1 aliphatic carbocycles. The number of H-pyrrole nitrogens is 1. The zero-order valence-corrected chi connectivity index (χ0v) is 22.1. The number of aromatic nitrogens is 1. The van der Waals surface area contributed by atoms with Crippen LogP contribution >= 0.6 is 0 Å². The summed E-state index contributed by atoms with van der Waals surface area (Å²) >= 11 is 0. The summed E-state index contributed by atoms with van der Waals surface area (Å²) in [6.45, 7) is 0. The van der Waals surface area contributed by atoms with Crippen molar-refractivity contribution in [3.8, 4) is 0 Å². The van der Waals surface area contributed by atoms with Crippen molar-refractivity contribution in [3.05, 3.63) is 88.7 Å². The summed E-state index contributed by atoms with van der Waals surface area (Å²) in [7, 11) is -3.92. The molecule has 9 nitrogen and oxygen atoms in total. The maximum atomic E-state index is 13.2. The lowest BCUT2D eigenvalue weighted by molar-refractivity contribution is -0.137. The number of aryl methyl sites for hydroxylation is 1. The van der Waals surface area contributed by atoms with Gasteiger partial charge >= 0.3 is 5.97 Å². The van der Waals surface area contributed by atoms with Crippen molar-refractivity contribution in [1.82, 2.24) is 4.98 Å². The third kappa shape index (κ3) is 4.66. The molecule has 0 saturated heterocycles. The molecule has 202 valence electrons. The second-order valence-corrected chi connectivity index (χ2v) is 11.6. The van der Waals surface area contributed by atoms with E-state index in [-0.39, 0.29) is 40.7 Å². The van der Waals surface area contributed by atoms with Crippen molar-refractivity contribution in [2.45, 2.75) is 37.0 Å². The SMILES string of the molecule is O=C(O)CCc1c(C=C2C(=O)Nc3ccc(NS(=O)(=O)c4ccc5ccccc5c4)cc32)[nH]c2c1C(=O)CCC2. The maximum Gasteiger partial charge on any atom is 0.303 e. The minimum Gasteiger partial charge on any atom is -0.481 e. The van der Waals surface area contributed by atoms with E-state index in [2.05, 4.69) is 15.0 Å². The molecule has 0 atom stereocenters. The number of hydrogen-bond donors (Lipinski definition) is 4. The van der Waals surface area contributed by atoms with Gasteiger partial charge in [0.2, 0.25) is 0 Å². The Bertz CT molecular complexity index is 1870. The average molecular weight is 556 g/mol. The Morgan fingerprint density at radius 2 is 1.80 bits per heavy atom. The van der Waals surface area contributed by atoms with Crippen LogP contribution in [0.2, 0.25) is 0 Å². The van der Waals surface area contributed by atoms with Gasteiger partial charge in [0.1, 0.15) is 0 Å². The van der Waals surface area contributed by atoms with Crippen molar-refractivity contribution in [3.63, 3.8) is 0 Å². The highest BCUT2D eigenvalue weighted by molar-refractivity contribution is 7.92. The summed E-state index contributed by atoms with van der Waals surface area (Å²) < 4.78 is 29.0. The van der Waals surface area contributed by atoms with Crippen LogP contribution in [-0.4, -0.2) is 36.2 Å². The van der Waals surface area contributed by atoms with E-state index in [1.165, 1.54) is 0 Å². The molecule has 2 aliphatic rings. The van der Waals surface area contributed by atoms with E-state index in [4.69, 9.17) is 0 Å². The number of amides is 1. The van der Waals surface area contributed by atoms with E-state index in [0.29, 0.717) is 47.3 Å². The van der Waals surface area contributed by atoms with Crippen LogP contribution in [0.4, 0.5) is 11.4 Å². The number of rotatable bonds is 7. The second-order valence-electron chi connectivity index (χ2n) is 9.93. The molecule has 1 amide bonds. The molecule has 0 bridgehead atoms. The minimum atomic E-state index is -3.92. The standard InChI is InChI=1S/C30H25N3O6S/c34-27-7-3-6-25-29(27)21(11-13-28(35)36)26(31-25)16-23-22-15-19(9-12-24(22)32-30(23)37)33-40(38,39)20-10-8-17-4-1-2-5-18(17)14-20/h1-2,4-5,8-10,12,14-16,31,33H,3,6-7,11,13H2,(H,32,37)(H,35,36). The van der Waals surface area contributed by atoms with Crippen molar-refractivity contribution in [1.29, 1.82) is 0 Å². The number of hydrogen-bond acceptors (Lipinski definition) is 5. The van der Waals surface area contributed by atoms with Gasteiger partial charge in [-0.3, -0.25) is 19.1 Å². The molecule has 1 aromatic heterocycles. The Hall–Kier alpha value is -4.70. The Morgan fingerprint density at radius 1 is 1.00 bits per heavy atom. The number of ketones is 1. The van der Waals surface area contributed by atoms with Gasteiger partial charge in [0.25, 0.3) is 15.9 Å². The van der Waals surface area contributed by atoms with E-state index in [1.807, 2.05) is 24.3 Å². The average Bonchev–Trinajstić information content (AvgIpc) is 3.44. The minimum absolute atomic E-state index is 0.0378. The zero-order valence-electron chi connectivity index (χ0n) is 21.3. The number of nitrogens with one attached hydrogen (secondary N) is 3. The first-order chi connectivity index (χ1) is 19.2. The molecule has 0 radical (unpaired) electrons. The molecule has 3 aromatic carbocycles. The lowest BCUT2D eigenvalue weighted by Crippen LogP contribution is -2.13. The Balaban J connectivity index is 1.36. The third-order valence-corrected chi connectivity index (χ3v) is 8.67. The molecule has 0 spiro atoms. The van der Waals surface area contributed by atoms with Crippen molar-refractivity contribution < 1.29 is 27.9 Å². The number of fused-ring (bicyclic) bond motifs is 3. The van der Waals surface area contributed by atoms with E-state index in [9.17, 15) is 27.9 Å². The predicted octanol–water partition coefficient (Wildman–Crippen LogP) is 5.00. The number of carboxylic acid groups (broad SMARTS) is 1. The molecule has 0 fully saturated rings. The van der Waals surface area contributed by atoms with Crippen LogP contribution in [0.15, 0.2) is 65.6 Å². The van der Waals surface area contributed by atoms with Crippen LogP contribution in [0.5, 0.6) is 0 Å². The predicted molar refractivity (Wildman–Crippen MR) is 152 cm³/mol. The fourth-order valence-corrected chi connectivity index (χ4v) is 6.48. The van der Waals surface area contributed by atoms with Gasteiger partial charge < -0.3 is 15.4 Å². The highest BCUT2D eigenvalue weighted by atomic mass is 32.2. The number of aromatic amines is 1. The maximum absolute atomic E-state index is 13.2. The summed E-state index contributed by atoms with van der Waals surface area (Å²) in [5.74, 6) is -1.40. The van der Waals surface area contributed by atoms with E-state index in [0.717, 1.165) is 16.5 Å². The van der Waals surface area contributed by atoms with Gasteiger partial charge in [0.05, 0.1) is 10.5 Å². The van der Waals surface area contributed by atoms with E-state index in [1.54, 1.807) is 42.5 Å². The van der Waals surface area contributed by atoms with Gasteiger partial charge in [-0.15, -0.1) is 0 Å². The van der Waals surface area contributed by atoms with E-state index >= 15 is 0 Å². The largest absolute Gasteiger partial charge is 0.481 e. The number of aliphatic carboxylic acids is 1. The van der Waals surface area contributed by atoms with Crippen LogP contribution in [0.25, 0.3) is 22.4 Å². The van der Waals surface area contributed by atoms with Gasteiger partial charge in [0, 0.05) is 46.7 Å². The van der Waals surface area contributed by atoms with Crippen molar-refractivity contribution in [2.24, 2.45) is 0 Å². The van der Waals surface area contributed by atoms with Crippen LogP contribution in [0, 0.1) is 0 Å². The Labute approximate surface area is 230 Å². The molecule has 1 aliphatic heterocycles.